The highest BCUT2D eigenvalue weighted by atomic mass is 16.2. The molecule has 4 N–H and O–H groups in total. The number of amides is 2. The van der Waals surface area contributed by atoms with E-state index < -0.39 is 0 Å². The number of hydrogen-bond acceptors (Lipinski definition) is 4. The zero-order valence-corrected chi connectivity index (χ0v) is 15.3. The fraction of sp³-hybridized carbons (Fsp3) is 0.250. The Bertz CT molecular complexity index is 843. The number of hydrazone groups is 1. The minimum absolute atomic E-state index is 0.0600. The Morgan fingerprint density at radius 1 is 1.04 bits per heavy atom. The third kappa shape index (κ3) is 5.73. The Morgan fingerprint density at radius 3 is 2.46 bits per heavy atom. The number of carbonyl (C=O) groups is 2. The van der Waals surface area contributed by atoms with Crippen molar-refractivity contribution in [1.82, 2.24) is 5.43 Å². The minimum atomic E-state index is -0.316. The molecule has 0 unspecified atom stereocenters. The van der Waals surface area contributed by atoms with Crippen LogP contribution in [0.2, 0.25) is 0 Å². The van der Waals surface area contributed by atoms with E-state index in [2.05, 4.69) is 15.8 Å². The lowest BCUT2D eigenvalue weighted by Gasteiger charge is -2.09. The Labute approximate surface area is 153 Å². The van der Waals surface area contributed by atoms with E-state index in [0.29, 0.717) is 11.4 Å². The third-order valence-electron chi connectivity index (χ3n) is 3.89. The van der Waals surface area contributed by atoms with Gasteiger partial charge in [0.25, 0.3) is 0 Å². The maximum atomic E-state index is 12.0. The standard InChI is InChI=1S/C20H24N4O2/c1-13-7-8-18(14(2)11-13)22-19(25)9-10-20(26)24-23-15(3)16-5-4-6-17(21)12-16/h4-8,11-12H,9-10,21H2,1-3H3,(H,22,25)(H,24,26)/b23-15+. The van der Waals surface area contributed by atoms with Gasteiger partial charge in [0.15, 0.2) is 0 Å². The lowest BCUT2D eigenvalue weighted by atomic mass is 10.1. The first-order valence-corrected chi connectivity index (χ1v) is 8.41. The van der Waals surface area contributed by atoms with E-state index in [9.17, 15) is 9.59 Å². The molecule has 0 heterocycles. The average molecular weight is 352 g/mol. The van der Waals surface area contributed by atoms with Gasteiger partial charge in [-0.15, -0.1) is 0 Å². The molecule has 0 saturated carbocycles. The number of nitrogen functional groups attached to an aromatic ring is 1. The van der Waals surface area contributed by atoms with Gasteiger partial charge in [-0.25, -0.2) is 5.43 Å². The van der Waals surface area contributed by atoms with Crippen molar-refractivity contribution >= 4 is 28.9 Å². The summed E-state index contributed by atoms with van der Waals surface area (Å²) in [5.41, 5.74) is 13.2. The number of aryl methyl sites for hydroxylation is 2. The zero-order valence-electron chi connectivity index (χ0n) is 15.3. The zero-order chi connectivity index (χ0) is 19.1. The number of carbonyl (C=O) groups excluding carboxylic acids is 2. The predicted octanol–water partition coefficient (Wildman–Crippen LogP) is 3.14. The summed E-state index contributed by atoms with van der Waals surface area (Å²) in [6.45, 7) is 5.71. The maximum absolute atomic E-state index is 12.0. The SMILES string of the molecule is C/C(=N\NC(=O)CCC(=O)Nc1ccc(C)cc1C)c1cccc(N)c1. The van der Waals surface area contributed by atoms with Gasteiger partial charge in [0.1, 0.15) is 0 Å². The van der Waals surface area contributed by atoms with Crippen LogP contribution in [-0.2, 0) is 9.59 Å². The normalized spacial score (nSPS) is 11.1. The van der Waals surface area contributed by atoms with E-state index in [0.717, 1.165) is 22.4 Å². The van der Waals surface area contributed by atoms with Crippen molar-refractivity contribution in [3.63, 3.8) is 0 Å². The van der Waals surface area contributed by atoms with E-state index in [1.54, 1.807) is 19.1 Å². The number of benzene rings is 2. The predicted molar refractivity (Wildman–Crippen MR) is 105 cm³/mol. The van der Waals surface area contributed by atoms with Gasteiger partial charge in [-0.05, 0) is 50.1 Å². The molecule has 0 aliphatic heterocycles. The van der Waals surface area contributed by atoms with Crippen LogP contribution in [-0.4, -0.2) is 17.5 Å². The van der Waals surface area contributed by atoms with Crippen molar-refractivity contribution in [2.45, 2.75) is 33.6 Å². The summed E-state index contributed by atoms with van der Waals surface area (Å²) in [6, 6.07) is 13.0. The monoisotopic (exact) mass is 352 g/mol. The van der Waals surface area contributed by atoms with Gasteiger partial charge in [-0.2, -0.15) is 5.10 Å². The first kappa shape index (κ1) is 19.2. The van der Waals surface area contributed by atoms with Crippen molar-refractivity contribution in [3.05, 3.63) is 59.2 Å². The summed E-state index contributed by atoms with van der Waals surface area (Å²) in [4.78, 5) is 23.9. The Morgan fingerprint density at radius 2 is 1.77 bits per heavy atom. The van der Waals surface area contributed by atoms with E-state index in [4.69, 9.17) is 5.73 Å². The molecule has 2 amide bonds. The molecule has 136 valence electrons. The molecule has 2 aromatic rings. The first-order valence-electron chi connectivity index (χ1n) is 8.41. The molecule has 0 bridgehead atoms. The second-order valence-electron chi connectivity index (χ2n) is 6.22. The second-order valence-corrected chi connectivity index (χ2v) is 6.22. The molecular weight excluding hydrogens is 328 g/mol. The number of nitrogens with zero attached hydrogens (tertiary/aromatic N) is 1. The van der Waals surface area contributed by atoms with Gasteiger partial charge < -0.3 is 11.1 Å². The molecule has 0 aromatic heterocycles. The summed E-state index contributed by atoms with van der Waals surface area (Å²) in [6.07, 6.45) is 0.149. The molecule has 6 nitrogen and oxygen atoms in total. The summed E-state index contributed by atoms with van der Waals surface area (Å²) in [7, 11) is 0. The number of hydrogen-bond donors (Lipinski definition) is 3. The summed E-state index contributed by atoms with van der Waals surface area (Å²) in [5, 5.41) is 6.87. The lowest BCUT2D eigenvalue weighted by molar-refractivity contribution is -0.124. The highest BCUT2D eigenvalue weighted by Gasteiger charge is 2.08. The van der Waals surface area contributed by atoms with Crippen LogP contribution in [0.1, 0.15) is 36.5 Å². The fourth-order valence-electron chi connectivity index (χ4n) is 2.42. The Kier molecular flexibility index (Phi) is 6.49. The van der Waals surface area contributed by atoms with Crippen molar-refractivity contribution in [2.24, 2.45) is 5.10 Å². The highest BCUT2D eigenvalue weighted by molar-refractivity contribution is 6.00. The van der Waals surface area contributed by atoms with Crippen molar-refractivity contribution in [2.75, 3.05) is 11.1 Å². The Balaban J connectivity index is 1.82. The molecule has 2 aromatic carbocycles. The summed E-state index contributed by atoms with van der Waals surface area (Å²) < 4.78 is 0. The van der Waals surface area contributed by atoms with Gasteiger partial charge in [0.05, 0.1) is 5.71 Å². The Hall–Kier alpha value is -3.15. The highest BCUT2D eigenvalue weighted by Crippen LogP contribution is 2.16. The average Bonchev–Trinajstić information content (AvgIpc) is 2.60. The molecule has 0 spiro atoms. The molecule has 6 heteroatoms. The van der Waals surface area contributed by atoms with E-state index in [1.807, 2.05) is 44.2 Å². The van der Waals surface area contributed by atoms with Crippen LogP contribution in [0.25, 0.3) is 0 Å². The molecule has 0 aliphatic rings. The topological polar surface area (TPSA) is 96.6 Å². The van der Waals surface area contributed by atoms with Gasteiger partial charge in [-0.3, -0.25) is 9.59 Å². The van der Waals surface area contributed by atoms with Gasteiger partial charge in [0.2, 0.25) is 11.8 Å². The number of anilines is 2. The van der Waals surface area contributed by atoms with E-state index >= 15 is 0 Å². The molecule has 0 aliphatic carbocycles. The molecule has 26 heavy (non-hydrogen) atoms. The van der Waals surface area contributed by atoms with Gasteiger partial charge >= 0.3 is 0 Å². The van der Waals surface area contributed by atoms with Crippen LogP contribution >= 0.6 is 0 Å². The van der Waals surface area contributed by atoms with E-state index in [-0.39, 0.29) is 24.7 Å². The smallest absolute Gasteiger partial charge is 0.240 e. The maximum Gasteiger partial charge on any atom is 0.240 e. The minimum Gasteiger partial charge on any atom is -0.399 e. The van der Waals surface area contributed by atoms with Crippen molar-refractivity contribution in [1.29, 1.82) is 0 Å². The summed E-state index contributed by atoms with van der Waals surface area (Å²) in [5.74, 6) is -0.521. The van der Waals surface area contributed by atoms with Crippen LogP contribution in [0.4, 0.5) is 11.4 Å². The first-order chi connectivity index (χ1) is 12.3. The van der Waals surface area contributed by atoms with Crippen LogP contribution in [0.5, 0.6) is 0 Å². The van der Waals surface area contributed by atoms with Crippen LogP contribution in [0.15, 0.2) is 47.6 Å². The number of nitrogens with two attached hydrogens (primary N) is 1. The third-order valence-corrected chi connectivity index (χ3v) is 3.89. The molecule has 0 atom stereocenters. The van der Waals surface area contributed by atoms with Crippen LogP contribution in [0.3, 0.4) is 0 Å². The molecule has 0 saturated heterocycles. The van der Waals surface area contributed by atoms with Crippen molar-refractivity contribution < 1.29 is 9.59 Å². The molecule has 0 fully saturated rings. The molecule has 0 radical (unpaired) electrons. The second kappa shape index (κ2) is 8.80. The van der Waals surface area contributed by atoms with Crippen LogP contribution < -0.4 is 16.5 Å². The van der Waals surface area contributed by atoms with Crippen LogP contribution in [0, 0.1) is 13.8 Å². The number of rotatable bonds is 6. The summed E-state index contributed by atoms with van der Waals surface area (Å²) >= 11 is 0. The fourth-order valence-corrected chi connectivity index (χ4v) is 2.42. The molecule has 2 rings (SSSR count). The van der Waals surface area contributed by atoms with Gasteiger partial charge in [0, 0.05) is 24.2 Å². The quantitative estimate of drug-likeness (QED) is 0.423. The van der Waals surface area contributed by atoms with Crippen molar-refractivity contribution in [3.8, 4) is 0 Å². The van der Waals surface area contributed by atoms with E-state index in [1.165, 1.54) is 0 Å². The number of nitrogens with one attached hydrogen (secondary N) is 2. The lowest BCUT2D eigenvalue weighted by Crippen LogP contribution is -2.22. The molecular formula is C20H24N4O2. The van der Waals surface area contributed by atoms with Gasteiger partial charge in [-0.1, -0.05) is 29.8 Å². The largest absolute Gasteiger partial charge is 0.399 e.